The fourth-order valence-corrected chi connectivity index (χ4v) is 0.835. The van der Waals surface area contributed by atoms with E-state index in [9.17, 15) is 17.6 Å². The van der Waals surface area contributed by atoms with Crippen molar-refractivity contribution in [2.24, 2.45) is 0 Å². The highest BCUT2D eigenvalue weighted by Crippen LogP contribution is 2.31. The molecule has 0 N–H and O–H groups in total. The van der Waals surface area contributed by atoms with E-state index in [1.807, 2.05) is 5.92 Å². The maximum Gasteiger partial charge on any atom is 0.419 e. The minimum absolute atomic E-state index is 0.0884. The van der Waals surface area contributed by atoms with Gasteiger partial charge in [0.1, 0.15) is 5.82 Å². The average Bonchev–Trinajstić information content (AvgIpc) is 2.01. The van der Waals surface area contributed by atoms with Crippen LogP contribution in [0, 0.1) is 18.2 Å². The van der Waals surface area contributed by atoms with Gasteiger partial charge in [-0.1, -0.05) is 5.92 Å². The van der Waals surface area contributed by atoms with Crippen LogP contribution in [-0.4, -0.2) is 0 Å². The second-order valence-corrected chi connectivity index (χ2v) is 2.34. The molecule has 0 aliphatic rings. The van der Waals surface area contributed by atoms with E-state index < -0.39 is 17.6 Å². The predicted molar refractivity (Wildman–Crippen MR) is 39.3 cm³/mol. The van der Waals surface area contributed by atoms with Crippen molar-refractivity contribution >= 4 is 0 Å². The topological polar surface area (TPSA) is 0 Å². The summed E-state index contributed by atoms with van der Waals surface area (Å²) in [6.45, 7) is 0. The third-order valence-electron chi connectivity index (χ3n) is 1.44. The molecular formula is C9H4F4. The summed E-state index contributed by atoms with van der Waals surface area (Å²) in [6.07, 6.45) is 0.210. The van der Waals surface area contributed by atoms with Crippen molar-refractivity contribution in [1.29, 1.82) is 0 Å². The lowest BCUT2D eigenvalue weighted by atomic mass is 10.1. The number of halogens is 4. The van der Waals surface area contributed by atoms with Gasteiger partial charge in [-0.05, 0) is 18.2 Å². The molecule has 0 radical (unpaired) electrons. The minimum Gasteiger partial charge on any atom is -0.206 e. The lowest BCUT2D eigenvalue weighted by molar-refractivity contribution is -0.140. The van der Waals surface area contributed by atoms with Gasteiger partial charge in [-0.3, -0.25) is 0 Å². The van der Waals surface area contributed by atoms with Crippen LogP contribution >= 0.6 is 0 Å². The van der Waals surface area contributed by atoms with Gasteiger partial charge in [0.25, 0.3) is 0 Å². The van der Waals surface area contributed by atoms with Crippen molar-refractivity contribution in [2.75, 3.05) is 0 Å². The Bertz CT molecular complexity index is 357. The standard InChI is InChI=1S/C9H4F4/c1-2-6-3-4-7(8(10)5-6)9(11,12)13/h1,3-5H. The Kier molecular flexibility index (Phi) is 2.28. The number of hydrogen-bond donors (Lipinski definition) is 0. The molecule has 0 amide bonds. The summed E-state index contributed by atoms with van der Waals surface area (Å²) >= 11 is 0. The van der Waals surface area contributed by atoms with Crippen molar-refractivity contribution in [1.82, 2.24) is 0 Å². The number of benzene rings is 1. The fraction of sp³-hybridized carbons (Fsp3) is 0.111. The van der Waals surface area contributed by atoms with Crippen LogP contribution in [0.15, 0.2) is 18.2 Å². The molecule has 0 aliphatic carbocycles. The van der Waals surface area contributed by atoms with Gasteiger partial charge in [0.2, 0.25) is 0 Å². The monoisotopic (exact) mass is 188 g/mol. The summed E-state index contributed by atoms with van der Waals surface area (Å²) in [4.78, 5) is 0. The Hall–Kier alpha value is -1.50. The summed E-state index contributed by atoms with van der Waals surface area (Å²) in [5.74, 6) is 0.695. The molecule has 1 aromatic carbocycles. The molecule has 0 fully saturated rings. The molecule has 1 aromatic rings. The fourth-order valence-electron chi connectivity index (χ4n) is 0.835. The predicted octanol–water partition coefficient (Wildman–Crippen LogP) is 2.83. The summed E-state index contributed by atoms with van der Waals surface area (Å²) in [6, 6.07) is 2.36. The normalized spacial score (nSPS) is 11.0. The quantitative estimate of drug-likeness (QED) is 0.433. The minimum atomic E-state index is -4.67. The third kappa shape index (κ3) is 2.00. The molecule has 68 valence electrons. The number of rotatable bonds is 0. The molecule has 0 aliphatic heterocycles. The van der Waals surface area contributed by atoms with Gasteiger partial charge in [-0.2, -0.15) is 13.2 Å². The SMILES string of the molecule is C#Cc1ccc(C(F)(F)F)c(F)c1. The van der Waals surface area contributed by atoms with E-state index in [2.05, 4.69) is 0 Å². The van der Waals surface area contributed by atoms with Gasteiger partial charge in [-0.15, -0.1) is 6.42 Å². The van der Waals surface area contributed by atoms with Crippen LogP contribution in [-0.2, 0) is 6.18 Å². The zero-order valence-corrected chi connectivity index (χ0v) is 6.32. The Labute approximate surface area is 72.2 Å². The molecule has 4 heteroatoms. The molecule has 0 atom stereocenters. The molecule has 1 rings (SSSR count). The lowest BCUT2D eigenvalue weighted by Crippen LogP contribution is -2.07. The van der Waals surface area contributed by atoms with Crippen LogP contribution in [0.25, 0.3) is 0 Å². The van der Waals surface area contributed by atoms with E-state index in [1.54, 1.807) is 0 Å². The van der Waals surface area contributed by atoms with Crippen LogP contribution in [0.1, 0.15) is 11.1 Å². The van der Waals surface area contributed by atoms with Crippen molar-refractivity contribution in [3.8, 4) is 12.3 Å². The Morgan fingerprint density at radius 3 is 2.23 bits per heavy atom. The molecule has 0 saturated carbocycles. The van der Waals surface area contributed by atoms with Gasteiger partial charge in [0, 0.05) is 5.56 Å². The first kappa shape index (κ1) is 9.59. The van der Waals surface area contributed by atoms with E-state index in [0.29, 0.717) is 12.1 Å². The number of hydrogen-bond acceptors (Lipinski definition) is 0. The van der Waals surface area contributed by atoms with E-state index >= 15 is 0 Å². The molecule has 0 spiro atoms. The van der Waals surface area contributed by atoms with Gasteiger partial charge in [0.05, 0.1) is 5.56 Å². The second kappa shape index (κ2) is 3.09. The maximum atomic E-state index is 12.7. The first-order valence-corrected chi connectivity index (χ1v) is 3.28. The van der Waals surface area contributed by atoms with Crippen LogP contribution in [0.4, 0.5) is 17.6 Å². The zero-order chi connectivity index (χ0) is 10.1. The first-order valence-electron chi connectivity index (χ1n) is 3.28. The van der Waals surface area contributed by atoms with Gasteiger partial charge in [-0.25, -0.2) is 4.39 Å². The van der Waals surface area contributed by atoms with Crippen LogP contribution in [0.2, 0.25) is 0 Å². The number of terminal acetylenes is 1. The van der Waals surface area contributed by atoms with Crippen molar-refractivity contribution < 1.29 is 17.6 Å². The largest absolute Gasteiger partial charge is 0.419 e. The highest BCUT2D eigenvalue weighted by molar-refractivity contribution is 5.36. The molecule has 0 aromatic heterocycles. The molecule has 0 saturated heterocycles. The highest BCUT2D eigenvalue weighted by atomic mass is 19.4. The Balaban J connectivity index is 3.23. The Morgan fingerprint density at radius 2 is 1.85 bits per heavy atom. The molecule has 0 unspecified atom stereocenters. The smallest absolute Gasteiger partial charge is 0.206 e. The summed E-state index contributed by atoms with van der Waals surface area (Å²) in [5, 5.41) is 0. The average molecular weight is 188 g/mol. The first-order chi connectivity index (χ1) is 5.95. The second-order valence-electron chi connectivity index (χ2n) is 2.34. The Morgan fingerprint density at radius 1 is 1.23 bits per heavy atom. The van der Waals surface area contributed by atoms with Crippen LogP contribution < -0.4 is 0 Å². The maximum absolute atomic E-state index is 12.7. The van der Waals surface area contributed by atoms with Crippen molar-refractivity contribution in [3.63, 3.8) is 0 Å². The van der Waals surface area contributed by atoms with Crippen LogP contribution in [0.5, 0.6) is 0 Å². The van der Waals surface area contributed by atoms with Crippen molar-refractivity contribution in [3.05, 3.63) is 35.1 Å². The molecule has 0 nitrogen and oxygen atoms in total. The van der Waals surface area contributed by atoms with Gasteiger partial charge in [0.15, 0.2) is 0 Å². The van der Waals surface area contributed by atoms with E-state index in [-0.39, 0.29) is 5.56 Å². The summed E-state index contributed by atoms with van der Waals surface area (Å²) < 4.78 is 48.7. The third-order valence-corrected chi connectivity index (χ3v) is 1.44. The summed E-state index contributed by atoms with van der Waals surface area (Å²) in [5.41, 5.74) is -1.21. The lowest BCUT2D eigenvalue weighted by Gasteiger charge is -2.07. The van der Waals surface area contributed by atoms with E-state index in [1.165, 1.54) is 0 Å². The highest BCUT2D eigenvalue weighted by Gasteiger charge is 2.33. The summed E-state index contributed by atoms with van der Waals surface area (Å²) in [7, 11) is 0. The molecule has 13 heavy (non-hydrogen) atoms. The molecule has 0 bridgehead atoms. The van der Waals surface area contributed by atoms with Crippen molar-refractivity contribution in [2.45, 2.75) is 6.18 Å². The molecular weight excluding hydrogens is 184 g/mol. The zero-order valence-electron chi connectivity index (χ0n) is 6.32. The van der Waals surface area contributed by atoms with Crippen LogP contribution in [0.3, 0.4) is 0 Å². The number of alkyl halides is 3. The molecule has 0 heterocycles. The van der Waals surface area contributed by atoms with E-state index in [4.69, 9.17) is 6.42 Å². The van der Waals surface area contributed by atoms with Gasteiger partial charge < -0.3 is 0 Å². The van der Waals surface area contributed by atoms with E-state index in [0.717, 1.165) is 6.07 Å². The van der Waals surface area contributed by atoms with Gasteiger partial charge >= 0.3 is 6.18 Å².